The third-order valence-corrected chi connectivity index (χ3v) is 2.69. The van der Waals surface area contributed by atoms with Crippen molar-refractivity contribution in [3.63, 3.8) is 0 Å². The van der Waals surface area contributed by atoms with Crippen LogP contribution in [0, 0.1) is 0 Å². The number of hydrogen-bond acceptors (Lipinski definition) is 2. The Morgan fingerprint density at radius 2 is 1.71 bits per heavy atom. The number of aliphatic carboxylic acids is 1. The van der Waals surface area contributed by atoms with Crippen LogP contribution >= 0.6 is 34.8 Å². The van der Waals surface area contributed by atoms with Crippen molar-refractivity contribution in [3.05, 3.63) is 27.2 Å². The van der Waals surface area contributed by atoms with Crippen molar-refractivity contribution in [2.24, 2.45) is 0 Å². The minimum Gasteiger partial charge on any atom is -0.480 e. The minimum atomic E-state index is -1.15. The first kappa shape index (κ1) is 13.9. The van der Waals surface area contributed by atoms with Gasteiger partial charge in [0.2, 0.25) is 0 Å². The first-order valence-corrected chi connectivity index (χ1v) is 5.44. The summed E-state index contributed by atoms with van der Waals surface area (Å²) in [6, 6.07) is 2.04. The van der Waals surface area contributed by atoms with Gasteiger partial charge >= 0.3 is 12.0 Å². The maximum absolute atomic E-state index is 11.2. The van der Waals surface area contributed by atoms with Gasteiger partial charge in [-0.05, 0) is 12.1 Å². The van der Waals surface area contributed by atoms with Crippen LogP contribution in [0.25, 0.3) is 0 Å². The van der Waals surface area contributed by atoms with E-state index in [2.05, 4.69) is 10.6 Å². The van der Waals surface area contributed by atoms with Crippen molar-refractivity contribution in [3.8, 4) is 0 Å². The summed E-state index contributed by atoms with van der Waals surface area (Å²) in [6.07, 6.45) is 0. The van der Waals surface area contributed by atoms with Crippen LogP contribution in [0.4, 0.5) is 10.5 Å². The molecule has 0 aliphatic heterocycles. The van der Waals surface area contributed by atoms with Crippen LogP contribution in [-0.2, 0) is 4.79 Å². The summed E-state index contributed by atoms with van der Waals surface area (Å²) in [4.78, 5) is 21.5. The predicted molar refractivity (Wildman–Crippen MR) is 66.1 cm³/mol. The van der Waals surface area contributed by atoms with Crippen molar-refractivity contribution >= 4 is 52.5 Å². The standard InChI is InChI=1S/C9H7Cl3N2O3/c10-4-1-6(12)7(2-5(4)11)14-9(17)13-3-8(15)16/h1-2H,3H2,(H,15,16)(H2,13,14,17). The Balaban J connectivity index is 2.71. The van der Waals surface area contributed by atoms with Crippen molar-refractivity contribution in [2.45, 2.75) is 0 Å². The summed E-state index contributed by atoms with van der Waals surface area (Å²) >= 11 is 17.2. The number of rotatable bonds is 3. The van der Waals surface area contributed by atoms with Gasteiger partial charge < -0.3 is 15.7 Å². The Labute approximate surface area is 112 Å². The molecule has 0 atom stereocenters. The van der Waals surface area contributed by atoms with Crippen LogP contribution in [0.2, 0.25) is 15.1 Å². The van der Waals surface area contributed by atoms with E-state index >= 15 is 0 Å². The normalized spacial score (nSPS) is 9.82. The topological polar surface area (TPSA) is 78.4 Å². The molecular formula is C9H7Cl3N2O3. The number of carbonyl (C=O) groups excluding carboxylic acids is 1. The number of urea groups is 1. The fourth-order valence-electron chi connectivity index (χ4n) is 0.941. The molecule has 8 heteroatoms. The van der Waals surface area contributed by atoms with Crippen molar-refractivity contribution < 1.29 is 14.7 Å². The fraction of sp³-hybridized carbons (Fsp3) is 0.111. The van der Waals surface area contributed by atoms with Gasteiger partial charge in [0.05, 0.1) is 20.8 Å². The molecule has 0 saturated carbocycles. The molecule has 1 aromatic rings. The number of anilines is 1. The zero-order valence-electron chi connectivity index (χ0n) is 8.26. The minimum absolute atomic E-state index is 0.199. The molecule has 0 bridgehead atoms. The molecule has 0 heterocycles. The number of hydrogen-bond donors (Lipinski definition) is 3. The number of carbonyl (C=O) groups is 2. The Morgan fingerprint density at radius 3 is 2.29 bits per heavy atom. The summed E-state index contributed by atoms with van der Waals surface area (Å²) in [5.41, 5.74) is 0.240. The van der Waals surface area contributed by atoms with Crippen LogP contribution in [0.15, 0.2) is 12.1 Å². The van der Waals surface area contributed by atoms with Gasteiger partial charge in [0.15, 0.2) is 0 Å². The molecule has 17 heavy (non-hydrogen) atoms. The Hall–Kier alpha value is -1.17. The smallest absolute Gasteiger partial charge is 0.323 e. The van der Waals surface area contributed by atoms with Gasteiger partial charge in [-0.1, -0.05) is 34.8 Å². The van der Waals surface area contributed by atoms with Crippen LogP contribution in [0.1, 0.15) is 0 Å². The van der Waals surface area contributed by atoms with E-state index < -0.39 is 18.5 Å². The average molecular weight is 298 g/mol. The summed E-state index contributed by atoms with van der Waals surface area (Å²) in [5.74, 6) is -1.15. The fourth-order valence-corrected chi connectivity index (χ4v) is 1.53. The highest BCUT2D eigenvalue weighted by atomic mass is 35.5. The summed E-state index contributed by atoms with van der Waals surface area (Å²) in [6.45, 7) is -0.495. The molecule has 5 nitrogen and oxygen atoms in total. The molecule has 1 aromatic carbocycles. The number of benzene rings is 1. The van der Waals surface area contributed by atoms with E-state index in [0.717, 1.165) is 0 Å². The molecule has 0 radical (unpaired) electrons. The SMILES string of the molecule is O=C(O)CNC(=O)Nc1cc(Cl)c(Cl)cc1Cl. The maximum Gasteiger partial charge on any atom is 0.323 e. The van der Waals surface area contributed by atoms with Crippen LogP contribution in [0.5, 0.6) is 0 Å². The lowest BCUT2D eigenvalue weighted by Gasteiger charge is -2.08. The van der Waals surface area contributed by atoms with E-state index in [4.69, 9.17) is 39.9 Å². The van der Waals surface area contributed by atoms with Crippen molar-refractivity contribution in [1.82, 2.24) is 5.32 Å². The molecule has 0 aliphatic rings. The third-order valence-electron chi connectivity index (χ3n) is 1.66. The van der Waals surface area contributed by atoms with Crippen LogP contribution < -0.4 is 10.6 Å². The predicted octanol–water partition coefficient (Wildman–Crippen LogP) is 2.85. The second-order valence-corrected chi connectivity index (χ2v) is 4.17. The number of nitrogens with one attached hydrogen (secondary N) is 2. The molecule has 0 aromatic heterocycles. The second-order valence-electron chi connectivity index (χ2n) is 2.95. The van der Waals surface area contributed by atoms with E-state index in [1.165, 1.54) is 12.1 Å². The van der Waals surface area contributed by atoms with Crippen LogP contribution in [0.3, 0.4) is 0 Å². The van der Waals surface area contributed by atoms with E-state index in [1.54, 1.807) is 0 Å². The molecule has 0 aliphatic carbocycles. The van der Waals surface area contributed by atoms with Gasteiger partial charge in [0.25, 0.3) is 0 Å². The van der Waals surface area contributed by atoms with Crippen molar-refractivity contribution in [2.75, 3.05) is 11.9 Å². The number of amides is 2. The summed E-state index contributed by atoms with van der Waals surface area (Å²) < 4.78 is 0. The number of carboxylic acids is 1. The molecule has 92 valence electrons. The highest BCUT2D eigenvalue weighted by Crippen LogP contribution is 2.32. The van der Waals surface area contributed by atoms with E-state index in [0.29, 0.717) is 0 Å². The number of halogens is 3. The van der Waals surface area contributed by atoms with Gasteiger partial charge in [-0.2, -0.15) is 0 Å². The van der Waals surface area contributed by atoms with E-state index in [1.807, 2.05) is 0 Å². The molecular weight excluding hydrogens is 290 g/mol. The van der Waals surface area contributed by atoms with E-state index in [-0.39, 0.29) is 20.8 Å². The number of carboxylic acid groups (broad SMARTS) is 1. The lowest BCUT2D eigenvalue weighted by atomic mass is 10.3. The largest absolute Gasteiger partial charge is 0.480 e. The summed E-state index contributed by atoms with van der Waals surface area (Å²) in [7, 11) is 0. The zero-order valence-corrected chi connectivity index (χ0v) is 10.5. The Bertz CT molecular complexity index is 465. The maximum atomic E-state index is 11.2. The molecule has 0 saturated heterocycles. The third kappa shape index (κ3) is 4.30. The molecule has 1 rings (SSSR count). The average Bonchev–Trinajstić information content (AvgIpc) is 2.23. The first-order valence-electron chi connectivity index (χ1n) is 4.31. The highest BCUT2D eigenvalue weighted by molar-refractivity contribution is 6.44. The molecule has 2 amide bonds. The first-order chi connectivity index (χ1) is 7.90. The van der Waals surface area contributed by atoms with Gasteiger partial charge in [-0.3, -0.25) is 4.79 Å². The zero-order chi connectivity index (χ0) is 13.0. The Kier molecular flexibility index (Phi) is 4.86. The van der Waals surface area contributed by atoms with Gasteiger partial charge in [0.1, 0.15) is 6.54 Å². The quantitative estimate of drug-likeness (QED) is 0.751. The molecule has 0 unspecified atom stereocenters. The molecule has 3 N–H and O–H groups in total. The molecule has 0 spiro atoms. The Morgan fingerprint density at radius 1 is 1.12 bits per heavy atom. The lowest BCUT2D eigenvalue weighted by Crippen LogP contribution is -2.33. The lowest BCUT2D eigenvalue weighted by molar-refractivity contribution is -0.135. The monoisotopic (exact) mass is 296 g/mol. The van der Waals surface area contributed by atoms with Crippen LogP contribution in [-0.4, -0.2) is 23.7 Å². The van der Waals surface area contributed by atoms with Gasteiger partial charge in [-0.25, -0.2) is 4.79 Å². The van der Waals surface area contributed by atoms with Gasteiger partial charge in [0, 0.05) is 0 Å². The summed E-state index contributed by atoms with van der Waals surface area (Å²) in [5, 5.41) is 13.5. The highest BCUT2D eigenvalue weighted by Gasteiger charge is 2.09. The van der Waals surface area contributed by atoms with E-state index in [9.17, 15) is 9.59 Å². The second kappa shape index (κ2) is 5.95. The molecule has 0 fully saturated rings. The van der Waals surface area contributed by atoms with Gasteiger partial charge in [-0.15, -0.1) is 0 Å². The van der Waals surface area contributed by atoms with Crippen molar-refractivity contribution in [1.29, 1.82) is 0 Å².